The zero-order valence-electron chi connectivity index (χ0n) is 9.20. The highest BCUT2D eigenvalue weighted by Crippen LogP contribution is 2.32. The number of amides is 1. The molecule has 1 atom stereocenters. The van der Waals surface area contributed by atoms with Crippen molar-refractivity contribution < 1.29 is 9.72 Å². The van der Waals surface area contributed by atoms with Crippen molar-refractivity contribution in [3.05, 3.63) is 47.0 Å². The number of hydrogen-bond acceptors (Lipinski definition) is 3. The van der Waals surface area contributed by atoms with Crippen molar-refractivity contribution in [1.82, 2.24) is 0 Å². The molecule has 17 heavy (non-hydrogen) atoms. The number of rotatable bonds is 3. The highest BCUT2D eigenvalue weighted by Gasteiger charge is 2.32. The Labute approximate surface area is 98.5 Å². The molecule has 0 radical (unpaired) electrons. The maximum Gasteiger partial charge on any atom is 0.292 e. The fraction of sp³-hybridized carbons (Fsp3) is 0.250. The van der Waals surface area contributed by atoms with Gasteiger partial charge in [-0.15, -0.1) is 6.58 Å². The molecule has 1 saturated heterocycles. The van der Waals surface area contributed by atoms with E-state index in [-0.39, 0.29) is 17.5 Å². The largest absolute Gasteiger partial charge is 0.306 e. The van der Waals surface area contributed by atoms with Crippen LogP contribution in [-0.4, -0.2) is 17.4 Å². The van der Waals surface area contributed by atoms with Crippen molar-refractivity contribution in [3.8, 4) is 0 Å². The molecule has 1 aliphatic heterocycles. The van der Waals surface area contributed by atoms with Gasteiger partial charge in [-0.05, 0) is 6.07 Å². The number of para-hydroxylation sites is 2. The van der Waals surface area contributed by atoms with Gasteiger partial charge in [0.2, 0.25) is 5.91 Å². The van der Waals surface area contributed by atoms with Crippen molar-refractivity contribution in [2.75, 3.05) is 11.4 Å². The van der Waals surface area contributed by atoms with Gasteiger partial charge in [-0.25, -0.2) is 0 Å². The van der Waals surface area contributed by atoms with E-state index in [4.69, 9.17) is 0 Å². The van der Waals surface area contributed by atoms with Crippen LogP contribution in [0, 0.1) is 16.0 Å². The van der Waals surface area contributed by atoms with Crippen LogP contribution in [0.5, 0.6) is 0 Å². The van der Waals surface area contributed by atoms with E-state index in [0.717, 1.165) is 0 Å². The first-order chi connectivity index (χ1) is 8.13. The second kappa shape index (κ2) is 4.37. The molecule has 0 bridgehead atoms. The lowest BCUT2D eigenvalue weighted by Gasteiger charge is -2.15. The third-order valence-corrected chi connectivity index (χ3v) is 2.86. The van der Waals surface area contributed by atoms with Gasteiger partial charge in [0.05, 0.1) is 4.92 Å². The van der Waals surface area contributed by atoms with Crippen LogP contribution in [0.25, 0.3) is 0 Å². The molecule has 1 fully saturated rings. The molecule has 1 aromatic carbocycles. The predicted molar refractivity (Wildman–Crippen MR) is 63.8 cm³/mol. The summed E-state index contributed by atoms with van der Waals surface area (Å²) in [6, 6.07) is 6.29. The molecule has 0 N–H and O–H groups in total. The van der Waals surface area contributed by atoms with Gasteiger partial charge in [0.15, 0.2) is 0 Å². The normalized spacial score (nSPS) is 19.4. The molecule has 0 aliphatic carbocycles. The minimum atomic E-state index is -0.468. The average molecular weight is 232 g/mol. The van der Waals surface area contributed by atoms with Gasteiger partial charge in [0.25, 0.3) is 5.69 Å². The van der Waals surface area contributed by atoms with Gasteiger partial charge in [-0.2, -0.15) is 0 Å². The van der Waals surface area contributed by atoms with Crippen molar-refractivity contribution in [1.29, 1.82) is 0 Å². The summed E-state index contributed by atoms with van der Waals surface area (Å²) in [5.74, 6) is -0.0217. The van der Waals surface area contributed by atoms with E-state index >= 15 is 0 Å². The summed E-state index contributed by atoms with van der Waals surface area (Å²) >= 11 is 0. The van der Waals surface area contributed by atoms with E-state index in [1.165, 1.54) is 11.0 Å². The fourth-order valence-corrected chi connectivity index (χ4v) is 1.97. The summed E-state index contributed by atoms with van der Waals surface area (Å²) in [5.41, 5.74) is 0.331. The standard InChI is InChI=1S/C12H12N2O3/c1-2-9-7-12(15)13(8-9)10-5-3-4-6-11(10)14(16)17/h2-6,9H,1,7-8H2. The van der Waals surface area contributed by atoms with Gasteiger partial charge in [-0.3, -0.25) is 14.9 Å². The average Bonchev–Trinajstić information content (AvgIpc) is 2.70. The molecule has 0 saturated carbocycles. The molecular weight excluding hydrogens is 220 g/mol. The molecule has 2 rings (SSSR count). The molecule has 1 unspecified atom stereocenters. The van der Waals surface area contributed by atoms with E-state index in [0.29, 0.717) is 18.7 Å². The van der Waals surface area contributed by atoms with Gasteiger partial charge in [0, 0.05) is 24.9 Å². The van der Waals surface area contributed by atoms with Crippen LogP contribution in [-0.2, 0) is 4.79 Å². The quantitative estimate of drug-likeness (QED) is 0.455. The minimum Gasteiger partial charge on any atom is -0.306 e. The number of nitrogens with zero attached hydrogens (tertiary/aromatic N) is 2. The number of carbonyl (C=O) groups is 1. The SMILES string of the molecule is C=CC1CC(=O)N(c2ccccc2[N+](=O)[O-])C1. The van der Waals surface area contributed by atoms with Crippen LogP contribution in [0.2, 0.25) is 0 Å². The Hall–Kier alpha value is -2.17. The first-order valence-corrected chi connectivity index (χ1v) is 5.30. The molecule has 0 spiro atoms. The molecule has 1 aromatic rings. The second-order valence-corrected chi connectivity index (χ2v) is 3.95. The minimum absolute atomic E-state index is 0.0365. The van der Waals surface area contributed by atoms with E-state index in [9.17, 15) is 14.9 Å². The summed E-state index contributed by atoms with van der Waals surface area (Å²) in [7, 11) is 0. The molecular formula is C12H12N2O3. The lowest BCUT2D eigenvalue weighted by atomic mass is 10.1. The second-order valence-electron chi connectivity index (χ2n) is 3.95. The van der Waals surface area contributed by atoms with Gasteiger partial charge >= 0.3 is 0 Å². The van der Waals surface area contributed by atoms with Gasteiger partial charge in [0.1, 0.15) is 5.69 Å². The number of carbonyl (C=O) groups excluding carboxylic acids is 1. The van der Waals surface area contributed by atoms with Crippen molar-refractivity contribution >= 4 is 17.3 Å². The van der Waals surface area contributed by atoms with E-state index in [2.05, 4.69) is 6.58 Å². The van der Waals surface area contributed by atoms with E-state index in [1.807, 2.05) is 0 Å². The maximum atomic E-state index is 11.8. The van der Waals surface area contributed by atoms with E-state index < -0.39 is 4.92 Å². The van der Waals surface area contributed by atoms with Crippen molar-refractivity contribution in [3.63, 3.8) is 0 Å². The van der Waals surface area contributed by atoms with Crippen LogP contribution in [0.3, 0.4) is 0 Å². The Morgan fingerprint density at radius 1 is 1.47 bits per heavy atom. The summed E-state index contributed by atoms with van der Waals surface area (Å²) in [4.78, 5) is 23.7. The number of anilines is 1. The zero-order chi connectivity index (χ0) is 12.4. The summed E-state index contributed by atoms with van der Waals surface area (Å²) in [6.07, 6.45) is 2.09. The van der Waals surface area contributed by atoms with Crippen LogP contribution in [0.1, 0.15) is 6.42 Å². The Bertz CT molecular complexity index is 484. The smallest absolute Gasteiger partial charge is 0.292 e. The number of benzene rings is 1. The van der Waals surface area contributed by atoms with Crippen LogP contribution < -0.4 is 4.90 Å². The fourth-order valence-electron chi connectivity index (χ4n) is 1.97. The molecule has 5 nitrogen and oxygen atoms in total. The molecule has 88 valence electrons. The zero-order valence-corrected chi connectivity index (χ0v) is 9.20. The molecule has 1 aliphatic rings. The lowest BCUT2D eigenvalue weighted by molar-refractivity contribution is -0.384. The highest BCUT2D eigenvalue weighted by molar-refractivity contribution is 5.98. The number of hydrogen-bond donors (Lipinski definition) is 0. The highest BCUT2D eigenvalue weighted by atomic mass is 16.6. The van der Waals surface area contributed by atoms with Crippen molar-refractivity contribution in [2.24, 2.45) is 5.92 Å². The van der Waals surface area contributed by atoms with Crippen LogP contribution in [0.4, 0.5) is 11.4 Å². The maximum absolute atomic E-state index is 11.8. The lowest BCUT2D eigenvalue weighted by Crippen LogP contribution is -2.25. The molecule has 1 heterocycles. The third kappa shape index (κ3) is 2.04. The topological polar surface area (TPSA) is 63.5 Å². The Morgan fingerprint density at radius 3 is 2.76 bits per heavy atom. The Balaban J connectivity index is 2.38. The summed E-state index contributed by atoms with van der Waals surface area (Å²) in [5, 5.41) is 10.9. The Kier molecular flexibility index (Phi) is 2.91. The first kappa shape index (κ1) is 11.3. The van der Waals surface area contributed by atoms with Crippen molar-refractivity contribution in [2.45, 2.75) is 6.42 Å². The van der Waals surface area contributed by atoms with Crippen LogP contribution in [0.15, 0.2) is 36.9 Å². The number of nitro groups is 1. The van der Waals surface area contributed by atoms with Gasteiger partial charge < -0.3 is 4.90 Å². The van der Waals surface area contributed by atoms with Gasteiger partial charge in [-0.1, -0.05) is 18.2 Å². The third-order valence-electron chi connectivity index (χ3n) is 2.86. The first-order valence-electron chi connectivity index (χ1n) is 5.30. The number of nitro benzene ring substituents is 1. The Morgan fingerprint density at radius 2 is 2.18 bits per heavy atom. The monoisotopic (exact) mass is 232 g/mol. The molecule has 1 amide bonds. The molecule has 0 aromatic heterocycles. The molecule has 5 heteroatoms. The predicted octanol–water partition coefficient (Wildman–Crippen LogP) is 2.13. The van der Waals surface area contributed by atoms with Crippen LogP contribution >= 0.6 is 0 Å². The summed E-state index contributed by atoms with van der Waals surface area (Å²) < 4.78 is 0. The summed E-state index contributed by atoms with van der Waals surface area (Å²) in [6.45, 7) is 4.12. The van der Waals surface area contributed by atoms with E-state index in [1.54, 1.807) is 24.3 Å².